The van der Waals surface area contributed by atoms with Gasteiger partial charge in [0.15, 0.2) is 5.82 Å². The van der Waals surface area contributed by atoms with Gasteiger partial charge in [-0.25, -0.2) is 4.68 Å². The summed E-state index contributed by atoms with van der Waals surface area (Å²) < 4.78 is 4.68. The van der Waals surface area contributed by atoms with Gasteiger partial charge in [-0.1, -0.05) is 42.0 Å². The van der Waals surface area contributed by atoms with Crippen molar-refractivity contribution >= 4 is 12.2 Å². The first-order valence-electron chi connectivity index (χ1n) is 10.6. The molecule has 0 bridgehead atoms. The van der Waals surface area contributed by atoms with E-state index < -0.39 is 0 Å². The summed E-state index contributed by atoms with van der Waals surface area (Å²) in [4.78, 5) is 6.51. The maximum atomic E-state index is 5.92. The average Bonchev–Trinajstić information content (AvgIpc) is 3.37. The topological polar surface area (TPSA) is 38.9 Å². The summed E-state index contributed by atoms with van der Waals surface area (Å²) in [5.74, 6) is 0.830. The Morgan fingerprint density at radius 1 is 1.03 bits per heavy atom. The monoisotopic (exact) mass is 427 g/mol. The van der Waals surface area contributed by atoms with Crippen LogP contribution in [0.2, 0.25) is 0 Å². The molecule has 1 aliphatic carbocycles. The third-order valence-electron chi connectivity index (χ3n) is 6.06. The van der Waals surface area contributed by atoms with Gasteiger partial charge in [0.1, 0.15) is 0 Å². The molecule has 0 N–H and O–H groups in total. The summed E-state index contributed by atoms with van der Waals surface area (Å²) >= 11 is 5.92. The molecular weight excluding hydrogens is 402 g/mol. The largest absolute Gasteiger partial charge is 0.280 e. The van der Waals surface area contributed by atoms with Gasteiger partial charge in [0, 0.05) is 29.7 Å². The molecule has 2 aromatic carbocycles. The van der Waals surface area contributed by atoms with E-state index in [0.29, 0.717) is 17.5 Å². The molecule has 0 fully saturated rings. The molecule has 0 radical (unpaired) electrons. The molecule has 1 unspecified atom stereocenters. The van der Waals surface area contributed by atoms with Crippen LogP contribution in [0.1, 0.15) is 29.2 Å². The SMILES string of the molecule is Cc1ccc(-n2c(-c3ccncc3)nn(CN(C)C3CCc4ccccc43)c2=S)cc1. The number of nitrogens with zero attached hydrogens (tertiary/aromatic N) is 5. The Morgan fingerprint density at radius 2 is 1.77 bits per heavy atom. The Morgan fingerprint density at radius 3 is 2.55 bits per heavy atom. The summed E-state index contributed by atoms with van der Waals surface area (Å²) in [5, 5.41) is 4.95. The van der Waals surface area contributed by atoms with Crippen LogP contribution in [-0.4, -0.2) is 31.3 Å². The molecule has 0 saturated carbocycles. The number of hydrogen-bond acceptors (Lipinski definition) is 4. The number of aromatic nitrogens is 4. The number of fused-ring (bicyclic) bond motifs is 1. The molecule has 0 amide bonds. The summed E-state index contributed by atoms with van der Waals surface area (Å²) in [5.41, 5.74) is 6.10. The van der Waals surface area contributed by atoms with E-state index in [9.17, 15) is 0 Å². The standard InChI is InChI=1S/C25H25N5S/c1-18-7-10-21(11-8-18)30-24(20-13-15-26-16-14-20)27-29(25(30)31)17-28(2)23-12-9-19-5-3-4-6-22(19)23/h3-8,10-11,13-16,23H,9,12,17H2,1-2H3. The Kier molecular flexibility index (Phi) is 5.26. The van der Waals surface area contributed by atoms with Crippen LogP contribution < -0.4 is 0 Å². The molecule has 1 atom stereocenters. The summed E-state index contributed by atoms with van der Waals surface area (Å²) in [6.45, 7) is 2.72. The first-order valence-corrected chi connectivity index (χ1v) is 11.0. The van der Waals surface area contributed by atoms with Crippen molar-refractivity contribution in [1.29, 1.82) is 0 Å². The van der Waals surface area contributed by atoms with Crippen LogP contribution in [0, 0.1) is 11.7 Å². The van der Waals surface area contributed by atoms with Crippen molar-refractivity contribution in [2.75, 3.05) is 7.05 Å². The first kappa shape index (κ1) is 19.8. The molecule has 5 rings (SSSR count). The molecular formula is C25H25N5S. The smallest absolute Gasteiger partial charge is 0.204 e. The Hall–Kier alpha value is -3.09. The molecule has 0 saturated heterocycles. The van der Waals surface area contributed by atoms with Gasteiger partial charge in [0.2, 0.25) is 4.77 Å². The van der Waals surface area contributed by atoms with Crippen molar-refractivity contribution in [3.63, 3.8) is 0 Å². The number of aryl methyl sites for hydroxylation is 2. The van der Waals surface area contributed by atoms with Crippen molar-refractivity contribution in [2.45, 2.75) is 32.5 Å². The highest BCUT2D eigenvalue weighted by Gasteiger charge is 2.26. The van der Waals surface area contributed by atoms with Crippen molar-refractivity contribution in [3.8, 4) is 17.1 Å². The van der Waals surface area contributed by atoms with E-state index in [2.05, 4.69) is 77.0 Å². The molecule has 31 heavy (non-hydrogen) atoms. The van der Waals surface area contributed by atoms with Gasteiger partial charge < -0.3 is 0 Å². The lowest BCUT2D eigenvalue weighted by molar-refractivity contribution is 0.182. The molecule has 5 nitrogen and oxygen atoms in total. The zero-order valence-corrected chi connectivity index (χ0v) is 18.6. The van der Waals surface area contributed by atoms with Crippen molar-refractivity contribution in [2.24, 2.45) is 0 Å². The minimum Gasteiger partial charge on any atom is -0.280 e. The normalized spacial score (nSPS) is 15.4. The van der Waals surface area contributed by atoms with Crippen LogP contribution in [0.5, 0.6) is 0 Å². The fourth-order valence-electron chi connectivity index (χ4n) is 4.42. The highest BCUT2D eigenvalue weighted by Crippen LogP contribution is 2.35. The van der Waals surface area contributed by atoms with E-state index in [0.717, 1.165) is 29.9 Å². The van der Waals surface area contributed by atoms with E-state index in [1.807, 2.05) is 16.8 Å². The fraction of sp³-hybridized carbons (Fsp3) is 0.240. The molecule has 6 heteroatoms. The van der Waals surface area contributed by atoms with Gasteiger partial charge in [-0.2, -0.15) is 0 Å². The minimum atomic E-state index is 0.381. The van der Waals surface area contributed by atoms with E-state index in [4.69, 9.17) is 17.3 Å². The lowest BCUT2D eigenvalue weighted by Crippen LogP contribution is -2.26. The molecule has 0 aliphatic heterocycles. The minimum absolute atomic E-state index is 0.381. The van der Waals surface area contributed by atoms with Crippen LogP contribution in [0.25, 0.3) is 17.1 Å². The van der Waals surface area contributed by atoms with E-state index in [1.54, 1.807) is 12.4 Å². The summed E-state index contributed by atoms with van der Waals surface area (Å²) in [6, 6.07) is 21.5. The highest BCUT2D eigenvalue weighted by molar-refractivity contribution is 7.71. The maximum Gasteiger partial charge on any atom is 0.204 e. The molecule has 1 aliphatic rings. The molecule has 2 aromatic heterocycles. The summed E-state index contributed by atoms with van der Waals surface area (Å²) in [7, 11) is 2.16. The lowest BCUT2D eigenvalue weighted by atomic mass is 10.1. The molecule has 2 heterocycles. The van der Waals surface area contributed by atoms with Crippen molar-refractivity contribution < 1.29 is 0 Å². The van der Waals surface area contributed by atoms with Gasteiger partial charge >= 0.3 is 0 Å². The second-order valence-electron chi connectivity index (χ2n) is 8.16. The second kappa shape index (κ2) is 8.21. The van der Waals surface area contributed by atoms with Gasteiger partial charge in [-0.15, -0.1) is 5.10 Å². The number of rotatable bonds is 5. The lowest BCUT2D eigenvalue weighted by Gasteiger charge is -2.24. The predicted molar refractivity (Wildman–Crippen MR) is 126 cm³/mol. The molecule has 0 spiro atoms. The van der Waals surface area contributed by atoms with Crippen LogP contribution in [0.4, 0.5) is 0 Å². The third kappa shape index (κ3) is 3.73. The van der Waals surface area contributed by atoms with Crippen molar-refractivity contribution in [3.05, 3.63) is 94.5 Å². The molecule has 4 aromatic rings. The Bertz CT molecular complexity index is 1260. The number of pyridine rings is 1. The van der Waals surface area contributed by atoms with E-state index >= 15 is 0 Å². The zero-order chi connectivity index (χ0) is 21.4. The number of hydrogen-bond donors (Lipinski definition) is 0. The van der Waals surface area contributed by atoms with E-state index in [1.165, 1.54) is 16.7 Å². The average molecular weight is 428 g/mol. The molecule has 156 valence electrons. The van der Waals surface area contributed by atoms with Gasteiger partial charge in [-0.3, -0.25) is 14.5 Å². The first-order chi connectivity index (χ1) is 15.1. The fourth-order valence-corrected chi connectivity index (χ4v) is 4.71. The second-order valence-corrected chi connectivity index (χ2v) is 8.53. The van der Waals surface area contributed by atoms with Crippen LogP contribution in [0.15, 0.2) is 73.1 Å². The van der Waals surface area contributed by atoms with Crippen LogP contribution >= 0.6 is 12.2 Å². The quantitative estimate of drug-likeness (QED) is 0.403. The van der Waals surface area contributed by atoms with Crippen LogP contribution in [0.3, 0.4) is 0 Å². The highest BCUT2D eigenvalue weighted by atomic mass is 32.1. The van der Waals surface area contributed by atoms with Crippen LogP contribution in [-0.2, 0) is 13.1 Å². The maximum absolute atomic E-state index is 5.92. The third-order valence-corrected chi connectivity index (χ3v) is 6.45. The van der Waals surface area contributed by atoms with Gasteiger partial charge in [0.05, 0.1) is 6.67 Å². The zero-order valence-electron chi connectivity index (χ0n) is 17.8. The van der Waals surface area contributed by atoms with Gasteiger partial charge in [0.25, 0.3) is 0 Å². The Balaban J connectivity index is 1.54. The Labute approximate surface area is 187 Å². The van der Waals surface area contributed by atoms with Crippen molar-refractivity contribution in [1.82, 2.24) is 24.2 Å². The summed E-state index contributed by atoms with van der Waals surface area (Å²) in [6.07, 6.45) is 5.83. The number of benzene rings is 2. The van der Waals surface area contributed by atoms with E-state index in [-0.39, 0.29) is 0 Å². The predicted octanol–water partition coefficient (Wildman–Crippen LogP) is 5.35. The van der Waals surface area contributed by atoms with Gasteiger partial charge in [-0.05, 0) is 74.4 Å².